The molecule has 1 aromatic rings. The summed E-state index contributed by atoms with van der Waals surface area (Å²) >= 11 is 0. The van der Waals surface area contributed by atoms with Crippen molar-refractivity contribution in [1.82, 2.24) is 9.88 Å². The molecule has 120 valence electrons. The van der Waals surface area contributed by atoms with Gasteiger partial charge in [0.05, 0.1) is 11.1 Å². The van der Waals surface area contributed by atoms with Crippen LogP contribution in [-0.2, 0) is 16.1 Å². The molecular weight excluding hydrogens is 294 g/mol. The van der Waals surface area contributed by atoms with Crippen LogP contribution in [0.4, 0.5) is 5.69 Å². The molecule has 0 unspecified atom stereocenters. The van der Waals surface area contributed by atoms with E-state index in [0.717, 1.165) is 22.9 Å². The summed E-state index contributed by atoms with van der Waals surface area (Å²) in [4.78, 5) is 44.1. The second kappa shape index (κ2) is 6.83. The number of nitro groups is 1. The van der Waals surface area contributed by atoms with E-state index in [1.165, 1.54) is 0 Å². The zero-order valence-electron chi connectivity index (χ0n) is 12.2. The van der Waals surface area contributed by atoms with E-state index >= 15 is 0 Å². The Labute approximate surface area is 125 Å². The number of aliphatic carboxylic acids is 1. The molecule has 0 radical (unpaired) electrons. The minimum atomic E-state index is -0.975. The molecule has 0 atom stereocenters. The molecule has 0 aliphatic heterocycles. The lowest BCUT2D eigenvalue weighted by Crippen LogP contribution is -2.45. The lowest BCUT2D eigenvalue weighted by atomic mass is 9.98. The lowest BCUT2D eigenvalue weighted by molar-refractivity contribution is -0.385. The molecule has 0 aliphatic rings. The van der Waals surface area contributed by atoms with Gasteiger partial charge in [0, 0.05) is 24.1 Å². The highest BCUT2D eigenvalue weighted by atomic mass is 16.6. The van der Waals surface area contributed by atoms with Crippen LogP contribution in [0.15, 0.2) is 23.1 Å². The average molecular weight is 311 g/mol. The number of amides is 1. The normalized spacial score (nSPS) is 11.0. The van der Waals surface area contributed by atoms with Crippen LogP contribution in [0.1, 0.15) is 26.7 Å². The number of hydrogen-bond acceptors (Lipinski definition) is 5. The van der Waals surface area contributed by atoms with E-state index in [-0.39, 0.29) is 25.1 Å². The van der Waals surface area contributed by atoms with Gasteiger partial charge in [0.2, 0.25) is 5.91 Å². The first kappa shape index (κ1) is 17.3. The maximum Gasteiger partial charge on any atom is 0.303 e. The molecule has 0 saturated heterocycles. The predicted octanol–water partition coefficient (Wildman–Crippen LogP) is 0.516. The third-order valence-electron chi connectivity index (χ3n) is 2.93. The smallest absolute Gasteiger partial charge is 0.303 e. The zero-order valence-corrected chi connectivity index (χ0v) is 12.2. The highest BCUT2D eigenvalue weighted by Gasteiger charge is 2.22. The van der Waals surface area contributed by atoms with Gasteiger partial charge in [-0.1, -0.05) is 0 Å². The Hall–Kier alpha value is -2.71. The van der Waals surface area contributed by atoms with Gasteiger partial charge in [-0.25, -0.2) is 0 Å². The SMILES string of the molecule is CC(C)(CCC(=O)O)NC(=O)Cn1cc([N+](=O)[O-])ccc1=O. The molecular formula is C13H17N3O6. The molecule has 9 nitrogen and oxygen atoms in total. The molecule has 0 spiro atoms. The lowest BCUT2D eigenvalue weighted by Gasteiger charge is -2.25. The summed E-state index contributed by atoms with van der Waals surface area (Å²) in [6.07, 6.45) is 1.11. The van der Waals surface area contributed by atoms with Crippen molar-refractivity contribution in [1.29, 1.82) is 0 Å². The molecule has 9 heteroatoms. The van der Waals surface area contributed by atoms with Gasteiger partial charge in [0.25, 0.3) is 11.2 Å². The number of pyridine rings is 1. The Morgan fingerprint density at radius 1 is 1.41 bits per heavy atom. The molecule has 0 aliphatic carbocycles. The number of carbonyl (C=O) groups excluding carboxylic acids is 1. The van der Waals surface area contributed by atoms with Crippen molar-refractivity contribution in [2.45, 2.75) is 38.8 Å². The predicted molar refractivity (Wildman–Crippen MR) is 76.4 cm³/mol. The van der Waals surface area contributed by atoms with Crippen molar-refractivity contribution in [3.8, 4) is 0 Å². The van der Waals surface area contributed by atoms with Gasteiger partial charge in [-0.05, 0) is 20.3 Å². The van der Waals surface area contributed by atoms with Gasteiger partial charge in [-0.3, -0.25) is 29.1 Å². The maximum absolute atomic E-state index is 11.9. The molecule has 1 amide bonds. The molecule has 1 rings (SSSR count). The maximum atomic E-state index is 11.9. The highest BCUT2D eigenvalue weighted by molar-refractivity contribution is 5.76. The van der Waals surface area contributed by atoms with Crippen LogP contribution in [0.3, 0.4) is 0 Å². The molecule has 0 saturated carbocycles. The van der Waals surface area contributed by atoms with Crippen molar-refractivity contribution in [2.24, 2.45) is 0 Å². The third kappa shape index (κ3) is 5.35. The van der Waals surface area contributed by atoms with Crippen molar-refractivity contribution >= 4 is 17.6 Å². The zero-order chi connectivity index (χ0) is 16.9. The van der Waals surface area contributed by atoms with Crippen LogP contribution in [0.5, 0.6) is 0 Å². The molecule has 22 heavy (non-hydrogen) atoms. The first-order chi connectivity index (χ1) is 10.1. The Morgan fingerprint density at radius 2 is 2.05 bits per heavy atom. The summed E-state index contributed by atoms with van der Waals surface area (Å²) in [6.45, 7) is 2.94. The number of carboxylic acids is 1. The number of nitrogens with zero attached hydrogens (tertiary/aromatic N) is 2. The number of hydrogen-bond donors (Lipinski definition) is 2. The second-order valence-electron chi connectivity index (χ2n) is 5.44. The van der Waals surface area contributed by atoms with Gasteiger partial charge in [0.15, 0.2) is 0 Å². The Balaban J connectivity index is 2.76. The number of nitrogens with one attached hydrogen (secondary N) is 1. The van der Waals surface area contributed by atoms with Gasteiger partial charge >= 0.3 is 5.97 Å². The van der Waals surface area contributed by atoms with E-state index in [4.69, 9.17) is 5.11 Å². The fourth-order valence-electron chi connectivity index (χ4n) is 1.80. The first-order valence-corrected chi connectivity index (χ1v) is 6.48. The van der Waals surface area contributed by atoms with Crippen molar-refractivity contribution in [2.75, 3.05) is 0 Å². The molecule has 1 aromatic heterocycles. The van der Waals surface area contributed by atoms with Crippen molar-refractivity contribution in [3.63, 3.8) is 0 Å². The van der Waals surface area contributed by atoms with E-state index in [2.05, 4.69) is 5.32 Å². The number of rotatable bonds is 7. The fraction of sp³-hybridized carbons (Fsp3) is 0.462. The van der Waals surface area contributed by atoms with E-state index < -0.39 is 27.9 Å². The van der Waals surface area contributed by atoms with E-state index in [1.807, 2.05) is 0 Å². The van der Waals surface area contributed by atoms with Crippen LogP contribution in [0.25, 0.3) is 0 Å². The van der Waals surface area contributed by atoms with Crippen LogP contribution in [-0.4, -0.2) is 32.0 Å². The van der Waals surface area contributed by atoms with Crippen LogP contribution >= 0.6 is 0 Å². The topological polar surface area (TPSA) is 132 Å². The minimum absolute atomic E-state index is 0.107. The van der Waals surface area contributed by atoms with Crippen molar-refractivity contribution in [3.05, 3.63) is 38.8 Å². The average Bonchev–Trinajstić information content (AvgIpc) is 2.38. The third-order valence-corrected chi connectivity index (χ3v) is 2.93. The standard InChI is InChI=1S/C13H17N3O6/c1-13(2,6-5-12(19)20)14-10(17)8-15-7-9(16(21)22)3-4-11(15)18/h3-4,7H,5-6,8H2,1-2H3,(H,14,17)(H,19,20). The molecule has 1 heterocycles. The van der Waals surface area contributed by atoms with Crippen molar-refractivity contribution < 1.29 is 19.6 Å². The quantitative estimate of drug-likeness (QED) is 0.557. The molecule has 2 N–H and O–H groups in total. The Bertz CT molecular complexity index is 649. The monoisotopic (exact) mass is 311 g/mol. The fourth-order valence-corrected chi connectivity index (χ4v) is 1.80. The largest absolute Gasteiger partial charge is 0.481 e. The van der Waals surface area contributed by atoms with Gasteiger partial charge < -0.3 is 10.4 Å². The van der Waals surface area contributed by atoms with Crippen LogP contribution in [0, 0.1) is 10.1 Å². The van der Waals surface area contributed by atoms with Crippen LogP contribution in [0.2, 0.25) is 0 Å². The summed E-state index contributed by atoms with van der Waals surface area (Å²) in [5.41, 5.74) is -1.60. The summed E-state index contributed by atoms with van der Waals surface area (Å²) in [6, 6.07) is 2.08. The Morgan fingerprint density at radius 3 is 2.59 bits per heavy atom. The van der Waals surface area contributed by atoms with E-state index in [9.17, 15) is 24.5 Å². The highest BCUT2D eigenvalue weighted by Crippen LogP contribution is 2.11. The minimum Gasteiger partial charge on any atom is -0.481 e. The summed E-state index contributed by atoms with van der Waals surface area (Å²) in [5, 5.41) is 21.9. The van der Waals surface area contributed by atoms with E-state index in [0.29, 0.717) is 0 Å². The second-order valence-corrected chi connectivity index (χ2v) is 5.44. The van der Waals surface area contributed by atoms with Gasteiger partial charge in [-0.2, -0.15) is 0 Å². The first-order valence-electron chi connectivity index (χ1n) is 6.48. The summed E-state index contributed by atoms with van der Waals surface area (Å²) in [5.74, 6) is -1.50. The summed E-state index contributed by atoms with van der Waals surface area (Å²) < 4.78 is 0.931. The van der Waals surface area contributed by atoms with Gasteiger partial charge in [-0.15, -0.1) is 0 Å². The Kier molecular flexibility index (Phi) is 5.39. The number of aromatic nitrogens is 1. The molecule has 0 bridgehead atoms. The number of carboxylic acid groups (broad SMARTS) is 1. The van der Waals surface area contributed by atoms with Gasteiger partial charge in [0.1, 0.15) is 6.54 Å². The molecule has 0 fully saturated rings. The number of carbonyl (C=O) groups is 2. The van der Waals surface area contributed by atoms with E-state index in [1.54, 1.807) is 13.8 Å². The van der Waals surface area contributed by atoms with Crippen LogP contribution < -0.4 is 10.9 Å². The molecule has 0 aromatic carbocycles. The summed E-state index contributed by atoms with van der Waals surface area (Å²) in [7, 11) is 0.